The summed E-state index contributed by atoms with van der Waals surface area (Å²) in [6.07, 6.45) is 2.38. The van der Waals surface area contributed by atoms with E-state index in [9.17, 15) is 0 Å². The number of rotatable bonds is 4. The first-order chi connectivity index (χ1) is 10.7. The van der Waals surface area contributed by atoms with Crippen LogP contribution in [0.4, 0.5) is 11.4 Å². The first-order valence-electron chi connectivity index (χ1n) is 8.37. The lowest BCUT2D eigenvalue weighted by Crippen LogP contribution is -2.49. The molecule has 1 aliphatic heterocycles. The summed E-state index contributed by atoms with van der Waals surface area (Å²) in [5, 5.41) is 3.71. The van der Waals surface area contributed by atoms with Crippen LogP contribution in [0.15, 0.2) is 60.7 Å². The topological polar surface area (TPSA) is 15.3 Å². The van der Waals surface area contributed by atoms with E-state index in [1.807, 2.05) is 0 Å². The molecule has 0 saturated carbocycles. The molecule has 1 N–H and O–H groups in total. The van der Waals surface area contributed by atoms with Crippen molar-refractivity contribution in [2.45, 2.75) is 38.8 Å². The van der Waals surface area contributed by atoms with E-state index in [1.165, 1.54) is 24.2 Å². The second-order valence-electron chi connectivity index (χ2n) is 6.57. The zero-order chi connectivity index (χ0) is 15.4. The summed E-state index contributed by atoms with van der Waals surface area (Å²) in [7, 11) is 0. The van der Waals surface area contributed by atoms with Crippen molar-refractivity contribution in [1.29, 1.82) is 0 Å². The van der Waals surface area contributed by atoms with E-state index in [1.54, 1.807) is 0 Å². The lowest BCUT2D eigenvalue weighted by atomic mass is 9.89. The van der Waals surface area contributed by atoms with Crippen LogP contribution in [0.2, 0.25) is 0 Å². The number of para-hydroxylation sites is 2. The molecule has 2 aromatic rings. The third-order valence-corrected chi connectivity index (χ3v) is 4.65. The third-order valence-electron chi connectivity index (χ3n) is 4.65. The van der Waals surface area contributed by atoms with Gasteiger partial charge in [0.15, 0.2) is 0 Å². The van der Waals surface area contributed by atoms with Gasteiger partial charge in [0.25, 0.3) is 0 Å². The predicted octanol–water partition coefficient (Wildman–Crippen LogP) is 4.79. The minimum absolute atomic E-state index is 0.565. The normalized spacial score (nSPS) is 21.9. The maximum absolute atomic E-state index is 3.71. The second-order valence-corrected chi connectivity index (χ2v) is 6.57. The number of benzene rings is 2. The quantitative estimate of drug-likeness (QED) is 0.872. The number of hydrogen-bond acceptors (Lipinski definition) is 2. The van der Waals surface area contributed by atoms with Gasteiger partial charge in [-0.1, -0.05) is 50.2 Å². The first-order valence-corrected chi connectivity index (χ1v) is 8.37. The molecule has 0 unspecified atom stereocenters. The molecule has 2 aromatic carbocycles. The van der Waals surface area contributed by atoms with Crippen molar-refractivity contribution in [2.75, 3.05) is 16.8 Å². The smallest absolute Gasteiger partial charge is 0.0368 e. The van der Waals surface area contributed by atoms with Gasteiger partial charge in [0.05, 0.1) is 0 Å². The van der Waals surface area contributed by atoms with Crippen molar-refractivity contribution >= 4 is 11.4 Å². The standard InChI is InChI=1S/C20H26N2/c1-16(2)20-15-18(21-17-9-5-3-6-10-17)13-14-22(20)19-11-7-4-8-12-19/h3-12,16,18,20-21H,13-15H2,1-2H3/t18-,20+/m1/s1. The Kier molecular flexibility index (Phi) is 4.67. The lowest BCUT2D eigenvalue weighted by Gasteiger charge is -2.43. The van der Waals surface area contributed by atoms with Gasteiger partial charge >= 0.3 is 0 Å². The van der Waals surface area contributed by atoms with Crippen LogP contribution >= 0.6 is 0 Å². The molecule has 1 aliphatic rings. The number of anilines is 2. The fourth-order valence-corrected chi connectivity index (χ4v) is 3.47. The van der Waals surface area contributed by atoms with Gasteiger partial charge in [-0.2, -0.15) is 0 Å². The molecule has 1 saturated heterocycles. The van der Waals surface area contributed by atoms with E-state index in [-0.39, 0.29) is 0 Å². The van der Waals surface area contributed by atoms with E-state index < -0.39 is 0 Å². The summed E-state index contributed by atoms with van der Waals surface area (Å²) >= 11 is 0. The van der Waals surface area contributed by atoms with Crippen LogP contribution in [0, 0.1) is 5.92 Å². The van der Waals surface area contributed by atoms with Crippen molar-refractivity contribution in [3.8, 4) is 0 Å². The van der Waals surface area contributed by atoms with Crippen LogP contribution in [0.5, 0.6) is 0 Å². The van der Waals surface area contributed by atoms with Crippen LogP contribution in [-0.4, -0.2) is 18.6 Å². The van der Waals surface area contributed by atoms with Gasteiger partial charge in [0.2, 0.25) is 0 Å². The highest BCUT2D eigenvalue weighted by atomic mass is 15.2. The Labute approximate surface area is 134 Å². The molecular formula is C20H26N2. The Morgan fingerprint density at radius 2 is 1.59 bits per heavy atom. The van der Waals surface area contributed by atoms with Gasteiger partial charge in [-0.3, -0.25) is 0 Å². The molecule has 3 rings (SSSR count). The zero-order valence-electron chi connectivity index (χ0n) is 13.6. The number of nitrogens with one attached hydrogen (secondary N) is 1. The fourth-order valence-electron chi connectivity index (χ4n) is 3.47. The summed E-state index contributed by atoms with van der Waals surface area (Å²) in [6.45, 7) is 5.80. The van der Waals surface area contributed by atoms with Gasteiger partial charge in [-0.05, 0) is 43.0 Å². The van der Waals surface area contributed by atoms with Gasteiger partial charge in [-0.15, -0.1) is 0 Å². The van der Waals surface area contributed by atoms with E-state index in [4.69, 9.17) is 0 Å². The fraction of sp³-hybridized carbons (Fsp3) is 0.400. The highest BCUT2D eigenvalue weighted by Crippen LogP contribution is 2.30. The monoisotopic (exact) mass is 294 g/mol. The van der Waals surface area contributed by atoms with Crippen LogP contribution in [0.25, 0.3) is 0 Å². The Morgan fingerprint density at radius 1 is 0.955 bits per heavy atom. The second kappa shape index (κ2) is 6.87. The summed E-state index contributed by atoms with van der Waals surface area (Å²) in [6, 6.07) is 22.6. The first kappa shape index (κ1) is 15.0. The average Bonchev–Trinajstić information content (AvgIpc) is 2.56. The van der Waals surface area contributed by atoms with E-state index in [0.29, 0.717) is 18.0 Å². The Hall–Kier alpha value is -1.96. The summed E-state index contributed by atoms with van der Waals surface area (Å²) in [5.74, 6) is 0.653. The van der Waals surface area contributed by atoms with Crippen molar-refractivity contribution in [3.63, 3.8) is 0 Å². The summed E-state index contributed by atoms with van der Waals surface area (Å²) in [5.41, 5.74) is 2.60. The Morgan fingerprint density at radius 3 is 2.23 bits per heavy atom. The maximum atomic E-state index is 3.71. The molecule has 1 heterocycles. The Bertz CT molecular complexity index is 565. The highest BCUT2D eigenvalue weighted by Gasteiger charge is 2.30. The molecule has 116 valence electrons. The lowest BCUT2D eigenvalue weighted by molar-refractivity contribution is 0.355. The van der Waals surface area contributed by atoms with E-state index >= 15 is 0 Å². The van der Waals surface area contributed by atoms with Crippen LogP contribution in [-0.2, 0) is 0 Å². The molecule has 1 fully saturated rings. The van der Waals surface area contributed by atoms with Crippen molar-refractivity contribution in [1.82, 2.24) is 0 Å². The van der Waals surface area contributed by atoms with Crippen LogP contribution < -0.4 is 10.2 Å². The van der Waals surface area contributed by atoms with Crippen LogP contribution in [0.1, 0.15) is 26.7 Å². The van der Waals surface area contributed by atoms with Crippen molar-refractivity contribution in [2.24, 2.45) is 5.92 Å². The SMILES string of the molecule is CC(C)[C@@H]1C[C@H](Nc2ccccc2)CCN1c1ccccc1. The average molecular weight is 294 g/mol. The maximum Gasteiger partial charge on any atom is 0.0368 e. The van der Waals surface area contributed by atoms with Gasteiger partial charge in [-0.25, -0.2) is 0 Å². The Balaban J connectivity index is 1.71. The molecule has 0 amide bonds. The van der Waals surface area contributed by atoms with Gasteiger partial charge in [0, 0.05) is 30.0 Å². The predicted molar refractivity (Wildman–Crippen MR) is 95.5 cm³/mol. The van der Waals surface area contributed by atoms with Crippen molar-refractivity contribution < 1.29 is 0 Å². The molecule has 0 spiro atoms. The summed E-state index contributed by atoms with van der Waals surface area (Å²) < 4.78 is 0. The largest absolute Gasteiger partial charge is 0.382 e. The number of hydrogen-bond donors (Lipinski definition) is 1. The molecule has 0 radical (unpaired) electrons. The summed E-state index contributed by atoms with van der Waals surface area (Å²) in [4.78, 5) is 2.59. The molecule has 2 heteroatoms. The minimum atomic E-state index is 0.565. The molecule has 2 nitrogen and oxygen atoms in total. The molecule has 0 bridgehead atoms. The highest BCUT2D eigenvalue weighted by molar-refractivity contribution is 5.49. The van der Waals surface area contributed by atoms with Crippen LogP contribution in [0.3, 0.4) is 0 Å². The molecule has 0 aliphatic carbocycles. The van der Waals surface area contributed by atoms with E-state index in [0.717, 1.165) is 6.54 Å². The number of piperidine rings is 1. The van der Waals surface area contributed by atoms with Crippen molar-refractivity contribution in [3.05, 3.63) is 60.7 Å². The molecule has 0 aromatic heterocycles. The minimum Gasteiger partial charge on any atom is -0.382 e. The zero-order valence-corrected chi connectivity index (χ0v) is 13.6. The van der Waals surface area contributed by atoms with Gasteiger partial charge in [0.1, 0.15) is 0 Å². The van der Waals surface area contributed by atoms with E-state index in [2.05, 4.69) is 84.7 Å². The molecule has 22 heavy (non-hydrogen) atoms. The molecular weight excluding hydrogens is 268 g/mol. The van der Waals surface area contributed by atoms with Gasteiger partial charge < -0.3 is 10.2 Å². The molecule has 2 atom stereocenters. The number of nitrogens with zero attached hydrogens (tertiary/aromatic N) is 1. The third kappa shape index (κ3) is 3.44.